The largest absolute Gasteiger partial charge is 0.505 e. The Bertz CT molecular complexity index is 1770. The van der Waals surface area contributed by atoms with Gasteiger partial charge in [0.2, 0.25) is 5.13 Å². The van der Waals surface area contributed by atoms with E-state index >= 15 is 0 Å². The van der Waals surface area contributed by atoms with Crippen molar-refractivity contribution in [3.8, 4) is 0 Å². The van der Waals surface area contributed by atoms with Crippen LogP contribution in [0.2, 0.25) is 5.02 Å². The van der Waals surface area contributed by atoms with E-state index in [2.05, 4.69) is 15.2 Å². The zero-order valence-electron chi connectivity index (χ0n) is 20.5. The first kappa shape index (κ1) is 25.3. The van der Waals surface area contributed by atoms with Crippen molar-refractivity contribution in [2.24, 2.45) is 0 Å². The molecular formula is C28H20ClN5O3S2. The quantitative estimate of drug-likeness (QED) is 0.0865. The van der Waals surface area contributed by atoms with Crippen molar-refractivity contribution < 1.29 is 14.7 Å². The van der Waals surface area contributed by atoms with Gasteiger partial charge >= 0.3 is 5.91 Å². The second-order valence-corrected chi connectivity index (χ2v) is 11.4. The minimum Gasteiger partial charge on any atom is -0.505 e. The summed E-state index contributed by atoms with van der Waals surface area (Å²) in [6.07, 6.45) is 1.76. The lowest BCUT2D eigenvalue weighted by atomic mass is 9.96. The fourth-order valence-electron chi connectivity index (χ4n) is 4.62. The van der Waals surface area contributed by atoms with Crippen molar-refractivity contribution >= 4 is 62.9 Å². The van der Waals surface area contributed by atoms with Crippen LogP contribution in [0, 0.1) is 6.92 Å². The number of aryl methyl sites for hydroxylation is 1. The van der Waals surface area contributed by atoms with Crippen LogP contribution in [0.15, 0.2) is 88.9 Å². The lowest BCUT2D eigenvalue weighted by Crippen LogP contribution is -2.29. The van der Waals surface area contributed by atoms with Gasteiger partial charge in [-0.1, -0.05) is 89.3 Å². The standard InChI is InChI=1S/C28H20ClN5O3S2/c1-16-22(33-14-8-7-13-20(33)30-16)24(35)21-23(17-9-3-2-4-10-17)34(26(37)25(21)36)27-31-32-28(39-27)38-15-18-11-5-6-12-19(18)29/h2-14,23,35H,15H2,1H3/b24-21+. The van der Waals surface area contributed by atoms with Gasteiger partial charge in [0.25, 0.3) is 5.78 Å². The number of ketones is 1. The third-order valence-electron chi connectivity index (χ3n) is 6.40. The van der Waals surface area contributed by atoms with Gasteiger partial charge in [0.15, 0.2) is 10.1 Å². The smallest absolute Gasteiger partial charge is 0.301 e. The Morgan fingerprint density at radius 1 is 1.03 bits per heavy atom. The number of aliphatic hydroxyl groups is 1. The van der Waals surface area contributed by atoms with E-state index in [9.17, 15) is 14.7 Å². The number of benzene rings is 2. The van der Waals surface area contributed by atoms with Crippen molar-refractivity contribution in [2.45, 2.75) is 23.1 Å². The molecule has 1 atom stereocenters. The van der Waals surface area contributed by atoms with Crippen LogP contribution < -0.4 is 4.90 Å². The number of hydrogen-bond donors (Lipinski definition) is 1. The molecule has 11 heteroatoms. The highest BCUT2D eigenvalue weighted by Crippen LogP contribution is 2.44. The van der Waals surface area contributed by atoms with Crippen molar-refractivity contribution in [1.29, 1.82) is 0 Å². The molecule has 5 aromatic rings. The minimum absolute atomic E-state index is 0.0274. The summed E-state index contributed by atoms with van der Waals surface area (Å²) in [5.74, 6) is -1.30. The zero-order valence-corrected chi connectivity index (χ0v) is 22.9. The number of aromatic nitrogens is 4. The average molecular weight is 574 g/mol. The summed E-state index contributed by atoms with van der Waals surface area (Å²) >= 11 is 8.93. The highest BCUT2D eigenvalue weighted by atomic mass is 35.5. The highest BCUT2D eigenvalue weighted by Gasteiger charge is 2.48. The van der Waals surface area contributed by atoms with E-state index in [4.69, 9.17) is 11.6 Å². The predicted octanol–water partition coefficient (Wildman–Crippen LogP) is 6.07. The Hall–Kier alpha value is -3.99. The van der Waals surface area contributed by atoms with E-state index in [-0.39, 0.29) is 16.5 Å². The number of carbonyl (C=O) groups excluding carboxylic acids is 2. The van der Waals surface area contributed by atoms with Crippen LogP contribution in [0.5, 0.6) is 0 Å². The maximum Gasteiger partial charge on any atom is 0.301 e. The number of fused-ring (bicyclic) bond motifs is 1. The van der Waals surface area contributed by atoms with Crippen LogP contribution in [0.25, 0.3) is 11.4 Å². The Kier molecular flexibility index (Phi) is 6.68. The monoisotopic (exact) mass is 573 g/mol. The molecule has 1 amide bonds. The van der Waals surface area contributed by atoms with Gasteiger partial charge in [-0.2, -0.15) is 0 Å². The van der Waals surface area contributed by atoms with Gasteiger partial charge in [0.05, 0.1) is 17.3 Å². The maximum atomic E-state index is 13.5. The van der Waals surface area contributed by atoms with E-state index in [1.807, 2.05) is 60.7 Å². The Morgan fingerprint density at radius 3 is 2.56 bits per heavy atom. The number of amides is 1. The number of anilines is 1. The number of nitrogens with zero attached hydrogens (tertiary/aromatic N) is 5. The number of Topliss-reactive ketones (excluding diaryl/α,β-unsaturated/α-hetero) is 1. The molecule has 4 heterocycles. The van der Waals surface area contributed by atoms with Crippen molar-refractivity contribution in [3.63, 3.8) is 0 Å². The van der Waals surface area contributed by atoms with Crippen molar-refractivity contribution in [1.82, 2.24) is 19.6 Å². The Balaban J connectivity index is 1.43. The number of carbonyl (C=O) groups is 2. The number of hydrogen-bond acceptors (Lipinski definition) is 8. The van der Waals surface area contributed by atoms with Gasteiger partial charge in [-0.05, 0) is 36.2 Å². The average Bonchev–Trinajstić information content (AvgIpc) is 3.62. The summed E-state index contributed by atoms with van der Waals surface area (Å²) in [6, 6.07) is 21.2. The van der Waals surface area contributed by atoms with Crippen LogP contribution in [0.4, 0.5) is 5.13 Å². The van der Waals surface area contributed by atoms with Crippen molar-refractivity contribution in [3.05, 3.63) is 112 Å². The molecule has 0 radical (unpaired) electrons. The highest BCUT2D eigenvalue weighted by molar-refractivity contribution is 8.00. The normalized spacial score (nSPS) is 16.9. The second kappa shape index (κ2) is 10.3. The number of halogens is 1. The lowest BCUT2D eigenvalue weighted by molar-refractivity contribution is -0.132. The molecule has 3 aromatic heterocycles. The summed E-state index contributed by atoms with van der Waals surface area (Å²) in [6.45, 7) is 1.75. The summed E-state index contributed by atoms with van der Waals surface area (Å²) < 4.78 is 2.32. The number of rotatable bonds is 6. The first-order valence-corrected chi connectivity index (χ1v) is 14.1. The number of thioether (sulfide) groups is 1. The number of imidazole rings is 1. The van der Waals surface area contributed by atoms with Crippen LogP contribution in [0.3, 0.4) is 0 Å². The Morgan fingerprint density at radius 2 is 1.77 bits per heavy atom. The van der Waals surface area contributed by atoms with E-state index in [0.717, 1.165) is 5.56 Å². The van der Waals surface area contributed by atoms with Gasteiger partial charge in [-0.15, -0.1) is 10.2 Å². The molecule has 8 nitrogen and oxygen atoms in total. The minimum atomic E-state index is -0.894. The van der Waals surface area contributed by atoms with Crippen LogP contribution in [-0.4, -0.2) is 36.4 Å². The van der Waals surface area contributed by atoms with Gasteiger partial charge in [-0.3, -0.25) is 18.9 Å². The molecule has 1 fully saturated rings. The lowest BCUT2D eigenvalue weighted by Gasteiger charge is -2.22. The number of aliphatic hydroxyl groups excluding tert-OH is 1. The molecule has 0 saturated carbocycles. The second-order valence-electron chi connectivity index (χ2n) is 8.79. The molecule has 1 saturated heterocycles. The fraction of sp³-hybridized carbons (Fsp3) is 0.107. The van der Waals surface area contributed by atoms with Gasteiger partial charge in [0, 0.05) is 17.0 Å². The molecule has 1 N–H and O–H groups in total. The first-order valence-electron chi connectivity index (χ1n) is 11.9. The van der Waals surface area contributed by atoms with E-state index in [1.165, 1.54) is 28.0 Å². The topological polar surface area (TPSA) is 101 Å². The summed E-state index contributed by atoms with van der Waals surface area (Å²) in [5.41, 5.74) is 3.09. The van der Waals surface area contributed by atoms with Gasteiger partial charge in [0.1, 0.15) is 11.3 Å². The van der Waals surface area contributed by atoms with E-state index < -0.39 is 17.7 Å². The molecule has 6 rings (SSSR count). The summed E-state index contributed by atoms with van der Waals surface area (Å²) in [7, 11) is 0. The van der Waals surface area contributed by atoms with Crippen molar-refractivity contribution in [2.75, 3.05) is 4.90 Å². The molecule has 2 aromatic carbocycles. The van der Waals surface area contributed by atoms with E-state index in [1.54, 1.807) is 29.7 Å². The molecule has 0 aliphatic carbocycles. The number of pyridine rings is 1. The Labute approximate surface area is 236 Å². The molecule has 39 heavy (non-hydrogen) atoms. The SMILES string of the molecule is Cc1nc2ccccn2c1/C(O)=C1\C(=O)C(=O)N(c2nnc(SCc3ccccc3Cl)s2)C1c1ccccc1. The van der Waals surface area contributed by atoms with E-state index in [0.29, 0.717) is 37.7 Å². The van der Waals surface area contributed by atoms with Gasteiger partial charge in [-0.25, -0.2) is 4.98 Å². The molecule has 1 aliphatic rings. The summed E-state index contributed by atoms with van der Waals surface area (Å²) in [5, 5.41) is 21.0. The van der Waals surface area contributed by atoms with Crippen LogP contribution in [0.1, 0.15) is 28.6 Å². The fourth-order valence-corrected chi connectivity index (χ4v) is 6.77. The van der Waals surface area contributed by atoms with Gasteiger partial charge < -0.3 is 5.11 Å². The first-order chi connectivity index (χ1) is 18.9. The molecule has 0 spiro atoms. The predicted molar refractivity (Wildman–Crippen MR) is 152 cm³/mol. The summed E-state index contributed by atoms with van der Waals surface area (Å²) in [4.78, 5) is 32.8. The molecule has 1 unspecified atom stereocenters. The molecule has 0 bridgehead atoms. The maximum absolute atomic E-state index is 13.5. The molecular weight excluding hydrogens is 554 g/mol. The molecule has 194 valence electrons. The molecule has 1 aliphatic heterocycles. The van der Waals surface area contributed by atoms with Crippen LogP contribution >= 0.6 is 34.7 Å². The third-order valence-corrected chi connectivity index (χ3v) is 8.87. The van der Waals surface area contributed by atoms with Crippen LogP contribution in [-0.2, 0) is 15.3 Å². The third kappa shape index (κ3) is 4.50. The zero-order chi connectivity index (χ0) is 27.1.